The normalized spacial score (nSPS) is 17.0. The molecule has 1 aromatic rings. The Bertz CT molecular complexity index is 678. The number of ether oxygens (including phenoxy) is 1. The number of carbonyl (C=O) groups is 3. The van der Waals surface area contributed by atoms with Crippen LogP contribution in [-0.2, 0) is 4.79 Å². The van der Waals surface area contributed by atoms with Crippen LogP contribution in [-0.4, -0.2) is 34.4 Å². The Morgan fingerprint density at radius 1 is 1.33 bits per heavy atom. The lowest BCUT2D eigenvalue weighted by Gasteiger charge is -2.31. The highest BCUT2D eigenvalue weighted by Gasteiger charge is 2.33. The predicted molar refractivity (Wildman–Crippen MR) is 88.4 cm³/mol. The molecule has 0 radical (unpaired) electrons. The Kier molecular flexibility index (Phi) is 4.96. The van der Waals surface area contributed by atoms with Gasteiger partial charge < -0.3 is 15.2 Å². The maximum Gasteiger partial charge on any atom is 0.326 e. The number of benzene rings is 1. The molecule has 0 bridgehead atoms. The first-order valence-corrected chi connectivity index (χ1v) is 7.99. The van der Waals surface area contributed by atoms with Crippen molar-refractivity contribution in [3.63, 3.8) is 0 Å². The molecule has 1 amide bonds. The van der Waals surface area contributed by atoms with Crippen molar-refractivity contribution in [3.8, 4) is 5.75 Å². The molecular weight excluding hydrogens is 310 g/mol. The van der Waals surface area contributed by atoms with Crippen molar-refractivity contribution in [1.82, 2.24) is 5.32 Å². The van der Waals surface area contributed by atoms with Crippen molar-refractivity contribution < 1.29 is 24.2 Å². The van der Waals surface area contributed by atoms with Gasteiger partial charge in [0.05, 0.1) is 12.0 Å². The smallest absolute Gasteiger partial charge is 0.326 e. The number of aliphatic carboxylic acids is 1. The quantitative estimate of drug-likeness (QED) is 0.864. The number of nitrogens with one attached hydrogen (secondary N) is 1. The van der Waals surface area contributed by atoms with Gasteiger partial charge in [0.2, 0.25) is 0 Å². The topological polar surface area (TPSA) is 92.7 Å². The summed E-state index contributed by atoms with van der Waals surface area (Å²) in [6.45, 7) is 7.44. The summed E-state index contributed by atoms with van der Waals surface area (Å²) in [5, 5.41) is 11.7. The van der Waals surface area contributed by atoms with Crippen molar-refractivity contribution >= 4 is 17.7 Å². The first kappa shape index (κ1) is 18.0. The van der Waals surface area contributed by atoms with E-state index in [0.29, 0.717) is 17.7 Å². The number of rotatable bonds is 5. The number of ketones is 1. The molecule has 130 valence electrons. The molecule has 6 heteroatoms. The summed E-state index contributed by atoms with van der Waals surface area (Å²) in [5.41, 5.74) is 0.0395. The zero-order valence-electron chi connectivity index (χ0n) is 14.4. The van der Waals surface area contributed by atoms with Crippen LogP contribution in [0.3, 0.4) is 0 Å². The maximum absolute atomic E-state index is 12.3. The third-order valence-electron chi connectivity index (χ3n) is 3.83. The molecule has 1 aliphatic rings. The summed E-state index contributed by atoms with van der Waals surface area (Å²) in [6, 6.07) is 3.63. The second kappa shape index (κ2) is 6.63. The van der Waals surface area contributed by atoms with Crippen molar-refractivity contribution in [2.75, 3.05) is 0 Å². The van der Waals surface area contributed by atoms with E-state index in [1.165, 1.54) is 12.1 Å². The summed E-state index contributed by atoms with van der Waals surface area (Å²) in [4.78, 5) is 35.8. The zero-order valence-corrected chi connectivity index (χ0v) is 14.4. The van der Waals surface area contributed by atoms with Crippen LogP contribution in [0.25, 0.3) is 0 Å². The molecular formula is C18H23NO5. The second-order valence-electron chi connectivity index (χ2n) is 7.17. The van der Waals surface area contributed by atoms with Crippen LogP contribution in [0.4, 0.5) is 0 Å². The third kappa shape index (κ3) is 4.13. The van der Waals surface area contributed by atoms with Crippen LogP contribution in [0, 0.1) is 5.92 Å². The van der Waals surface area contributed by atoms with E-state index < -0.39 is 23.5 Å². The van der Waals surface area contributed by atoms with Crippen molar-refractivity contribution in [3.05, 3.63) is 29.3 Å². The van der Waals surface area contributed by atoms with Gasteiger partial charge in [-0.3, -0.25) is 9.59 Å². The molecule has 1 unspecified atom stereocenters. The predicted octanol–water partition coefficient (Wildman–Crippen LogP) is 2.66. The van der Waals surface area contributed by atoms with Gasteiger partial charge in [-0.15, -0.1) is 0 Å². The van der Waals surface area contributed by atoms with Crippen LogP contribution < -0.4 is 10.1 Å². The molecule has 0 fully saturated rings. The highest BCUT2D eigenvalue weighted by atomic mass is 16.5. The first-order chi connectivity index (χ1) is 11.1. The first-order valence-electron chi connectivity index (χ1n) is 7.99. The lowest BCUT2D eigenvalue weighted by molar-refractivity contribution is -0.139. The fourth-order valence-electron chi connectivity index (χ4n) is 2.73. The molecule has 1 atom stereocenters. The minimum Gasteiger partial charge on any atom is -0.487 e. The Labute approximate surface area is 141 Å². The summed E-state index contributed by atoms with van der Waals surface area (Å²) < 4.78 is 5.75. The molecule has 2 N–H and O–H groups in total. The molecule has 1 aromatic carbocycles. The SMILES string of the molecule is CC(C)CC(NC(=O)c1ccc2c(c1)C(=O)CC(C)(C)O2)C(=O)O. The lowest BCUT2D eigenvalue weighted by Crippen LogP contribution is -2.41. The summed E-state index contributed by atoms with van der Waals surface area (Å²) in [5.74, 6) is -1.09. The minimum atomic E-state index is -1.07. The molecule has 24 heavy (non-hydrogen) atoms. The average Bonchev–Trinajstić information content (AvgIpc) is 2.44. The van der Waals surface area contributed by atoms with Gasteiger partial charge in [-0.2, -0.15) is 0 Å². The van der Waals surface area contributed by atoms with Crippen LogP contribution in [0.1, 0.15) is 61.3 Å². The summed E-state index contributed by atoms with van der Waals surface area (Å²) in [6.07, 6.45) is 0.568. The van der Waals surface area contributed by atoms with Gasteiger partial charge in [-0.05, 0) is 44.4 Å². The highest BCUT2D eigenvalue weighted by Crippen LogP contribution is 2.33. The number of carboxylic acids is 1. The number of amides is 1. The highest BCUT2D eigenvalue weighted by molar-refractivity contribution is 6.04. The van der Waals surface area contributed by atoms with Crippen molar-refractivity contribution in [1.29, 1.82) is 0 Å². The van der Waals surface area contributed by atoms with Crippen LogP contribution in [0.5, 0.6) is 5.75 Å². The number of carbonyl (C=O) groups excluding carboxylic acids is 2. The zero-order chi connectivity index (χ0) is 18.1. The van der Waals surface area contributed by atoms with E-state index in [1.54, 1.807) is 6.07 Å². The second-order valence-corrected chi connectivity index (χ2v) is 7.17. The third-order valence-corrected chi connectivity index (χ3v) is 3.83. The van der Waals surface area contributed by atoms with Crippen molar-refractivity contribution in [2.24, 2.45) is 5.92 Å². The van der Waals surface area contributed by atoms with Crippen molar-refractivity contribution in [2.45, 2.75) is 52.2 Å². The number of hydrogen-bond donors (Lipinski definition) is 2. The number of carboxylic acid groups (broad SMARTS) is 1. The van der Waals surface area contributed by atoms with Gasteiger partial charge in [-0.25, -0.2) is 4.79 Å². The maximum atomic E-state index is 12.3. The number of hydrogen-bond acceptors (Lipinski definition) is 4. The van der Waals surface area contributed by atoms with E-state index in [2.05, 4.69) is 5.32 Å². The molecule has 0 saturated carbocycles. The van der Waals surface area contributed by atoms with Gasteiger partial charge in [0.25, 0.3) is 5.91 Å². The van der Waals surface area contributed by atoms with Gasteiger partial charge in [0.1, 0.15) is 17.4 Å². The number of Topliss-reactive ketones (excluding diaryl/α,β-unsaturated/α-hetero) is 1. The molecule has 2 rings (SSSR count). The Morgan fingerprint density at radius 3 is 2.58 bits per heavy atom. The molecule has 0 saturated heterocycles. The van der Waals surface area contributed by atoms with E-state index in [-0.39, 0.29) is 23.7 Å². The summed E-state index contributed by atoms with van der Waals surface area (Å²) >= 11 is 0. The average molecular weight is 333 g/mol. The Morgan fingerprint density at radius 2 is 2.00 bits per heavy atom. The van der Waals surface area contributed by atoms with Crippen LogP contribution >= 0.6 is 0 Å². The lowest BCUT2D eigenvalue weighted by atomic mass is 9.92. The molecule has 0 spiro atoms. The largest absolute Gasteiger partial charge is 0.487 e. The molecule has 1 aliphatic heterocycles. The van der Waals surface area contributed by atoms with Gasteiger partial charge in [0, 0.05) is 5.56 Å². The molecule has 0 aliphatic carbocycles. The van der Waals surface area contributed by atoms with E-state index in [1.807, 2.05) is 27.7 Å². The number of fused-ring (bicyclic) bond motifs is 1. The fraction of sp³-hybridized carbons (Fsp3) is 0.500. The van der Waals surface area contributed by atoms with Gasteiger partial charge in [0.15, 0.2) is 5.78 Å². The van der Waals surface area contributed by atoms with E-state index in [0.717, 1.165) is 0 Å². The van der Waals surface area contributed by atoms with E-state index in [4.69, 9.17) is 4.74 Å². The monoisotopic (exact) mass is 333 g/mol. The Hall–Kier alpha value is -2.37. The van der Waals surface area contributed by atoms with Crippen LogP contribution in [0.2, 0.25) is 0 Å². The summed E-state index contributed by atoms with van der Waals surface area (Å²) in [7, 11) is 0. The van der Waals surface area contributed by atoms with Gasteiger partial charge in [-0.1, -0.05) is 13.8 Å². The fourth-order valence-corrected chi connectivity index (χ4v) is 2.73. The van der Waals surface area contributed by atoms with Gasteiger partial charge >= 0.3 is 5.97 Å². The molecule has 1 heterocycles. The van der Waals surface area contributed by atoms with E-state index in [9.17, 15) is 19.5 Å². The Balaban J connectivity index is 2.21. The molecule has 0 aromatic heterocycles. The van der Waals surface area contributed by atoms with Crippen LogP contribution in [0.15, 0.2) is 18.2 Å². The minimum absolute atomic E-state index is 0.0899. The molecule has 6 nitrogen and oxygen atoms in total. The standard InChI is InChI=1S/C18H23NO5/c1-10(2)7-13(17(22)23)19-16(21)11-5-6-15-12(8-11)14(20)9-18(3,4)24-15/h5-6,8,10,13H,7,9H2,1-4H3,(H,19,21)(H,22,23). The van der Waals surface area contributed by atoms with E-state index >= 15 is 0 Å².